The lowest BCUT2D eigenvalue weighted by atomic mass is 10.1. The van der Waals surface area contributed by atoms with Crippen LogP contribution in [0.25, 0.3) is 0 Å². The van der Waals surface area contributed by atoms with E-state index in [4.69, 9.17) is 0 Å². The van der Waals surface area contributed by atoms with Gasteiger partial charge in [0.1, 0.15) is 0 Å². The van der Waals surface area contributed by atoms with E-state index in [1.54, 1.807) is 0 Å². The van der Waals surface area contributed by atoms with Gasteiger partial charge in [-0.25, -0.2) is 0 Å². The van der Waals surface area contributed by atoms with Crippen molar-refractivity contribution in [3.8, 4) is 0 Å². The molecule has 0 aliphatic heterocycles. The van der Waals surface area contributed by atoms with Crippen molar-refractivity contribution in [2.45, 2.75) is 110 Å². The van der Waals surface area contributed by atoms with Crippen molar-refractivity contribution in [1.82, 2.24) is 0 Å². The maximum Gasteiger partial charge on any atom is 0.192 e. The van der Waals surface area contributed by atoms with Crippen LogP contribution in [-0.2, 0) is 0 Å². The third-order valence-corrected chi connectivity index (χ3v) is 5.09. The van der Waals surface area contributed by atoms with Crippen molar-refractivity contribution in [3.05, 3.63) is 0 Å². The van der Waals surface area contributed by atoms with Crippen molar-refractivity contribution in [2.24, 2.45) is 0 Å². The molecule has 0 saturated carbocycles. The van der Waals surface area contributed by atoms with Crippen LogP contribution in [0.1, 0.15) is 97.8 Å². The van der Waals surface area contributed by atoms with Crippen LogP contribution in [0.15, 0.2) is 0 Å². The number of unbranched alkanes of at least 4 members (excludes halogenated alkanes) is 9. The van der Waals surface area contributed by atoms with Crippen LogP contribution >= 0.6 is 0 Å². The highest BCUT2D eigenvalue weighted by Crippen LogP contribution is 2.20. The summed E-state index contributed by atoms with van der Waals surface area (Å²) in [5.74, 6) is 0. The van der Waals surface area contributed by atoms with E-state index in [1.807, 2.05) is 20.9 Å². The maximum absolute atomic E-state index is 10.2. The molecule has 0 aromatic carbocycles. The zero-order valence-electron chi connectivity index (χ0n) is 15.7. The Morgan fingerprint density at radius 3 is 1.36 bits per heavy atom. The third kappa shape index (κ3) is 8.50. The molecule has 0 aromatic heterocycles. The first-order valence-electron chi connectivity index (χ1n) is 9.73. The highest BCUT2D eigenvalue weighted by atomic mass is 16.3. The van der Waals surface area contributed by atoms with Gasteiger partial charge in [-0.2, -0.15) is 0 Å². The first-order chi connectivity index (χ1) is 10.5. The van der Waals surface area contributed by atoms with E-state index in [9.17, 15) is 10.2 Å². The molecule has 3 heteroatoms. The lowest BCUT2D eigenvalue weighted by molar-refractivity contribution is -0.994. The maximum atomic E-state index is 10.2. The van der Waals surface area contributed by atoms with E-state index < -0.39 is 12.5 Å². The summed E-state index contributed by atoms with van der Waals surface area (Å²) in [5.41, 5.74) is 0. The quantitative estimate of drug-likeness (QED) is 0.258. The summed E-state index contributed by atoms with van der Waals surface area (Å²) in [5, 5.41) is 20.5. The molecule has 0 aromatic rings. The highest BCUT2D eigenvalue weighted by molar-refractivity contribution is 4.51. The number of hydrogen-bond acceptors (Lipinski definition) is 2. The molecule has 0 aliphatic rings. The smallest absolute Gasteiger partial charge is 0.192 e. The molecule has 22 heavy (non-hydrogen) atoms. The SMILES string of the molecule is CCCCCCCCCCCC[N+](C)(C(O)CC)C(O)CC. The van der Waals surface area contributed by atoms with Crippen LogP contribution in [0.5, 0.6) is 0 Å². The van der Waals surface area contributed by atoms with Crippen molar-refractivity contribution < 1.29 is 14.7 Å². The summed E-state index contributed by atoms with van der Waals surface area (Å²) in [6, 6.07) is 0. The summed E-state index contributed by atoms with van der Waals surface area (Å²) in [6.45, 7) is 7.11. The van der Waals surface area contributed by atoms with Gasteiger partial charge < -0.3 is 10.2 Å². The van der Waals surface area contributed by atoms with Crippen LogP contribution in [0.3, 0.4) is 0 Å². The summed E-state index contributed by atoms with van der Waals surface area (Å²) in [6.07, 6.45) is 13.7. The van der Waals surface area contributed by atoms with Gasteiger partial charge in [0.15, 0.2) is 12.5 Å². The summed E-state index contributed by atoms with van der Waals surface area (Å²) >= 11 is 0. The number of nitrogens with zero attached hydrogens (tertiary/aromatic N) is 1. The fourth-order valence-corrected chi connectivity index (χ4v) is 3.27. The van der Waals surface area contributed by atoms with Crippen LogP contribution in [-0.4, -0.2) is 40.7 Å². The minimum Gasteiger partial charge on any atom is -0.345 e. The van der Waals surface area contributed by atoms with Crippen LogP contribution in [0.4, 0.5) is 0 Å². The first kappa shape index (κ1) is 21.9. The minimum absolute atomic E-state index is 0.393. The van der Waals surface area contributed by atoms with Crippen molar-refractivity contribution in [1.29, 1.82) is 0 Å². The summed E-state index contributed by atoms with van der Waals surface area (Å²) < 4.78 is 0.393. The van der Waals surface area contributed by atoms with Gasteiger partial charge in [0, 0.05) is 12.8 Å². The molecule has 2 unspecified atom stereocenters. The van der Waals surface area contributed by atoms with Crippen molar-refractivity contribution in [3.63, 3.8) is 0 Å². The molecule has 0 spiro atoms. The van der Waals surface area contributed by atoms with Gasteiger partial charge >= 0.3 is 0 Å². The molecule has 0 aliphatic carbocycles. The fourth-order valence-electron chi connectivity index (χ4n) is 3.27. The predicted octanol–water partition coefficient (Wildman–Crippen LogP) is 4.81. The van der Waals surface area contributed by atoms with Gasteiger partial charge in [0.05, 0.1) is 13.6 Å². The van der Waals surface area contributed by atoms with Crippen LogP contribution in [0.2, 0.25) is 0 Å². The van der Waals surface area contributed by atoms with E-state index in [1.165, 1.54) is 57.8 Å². The van der Waals surface area contributed by atoms with Gasteiger partial charge in [-0.05, 0) is 12.8 Å². The average Bonchev–Trinajstić information content (AvgIpc) is 2.54. The molecule has 0 fully saturated rings. The molecule has 0 heterocycles. The van der Waals surface area contributed by atoms with E-state index in [0.717, 1.165) is 13.0 Å². The summed E-state index contributed by atoms with van der Waals surface area (Å²) in [7, 11) is 2.00. The number of rotatable bonds is 15. The van der Waals surface area contributed by atoms with E-state index in [-0.39, 0.29) is 0 Å². The van der Waals surface area contributed by atoms with Crippen LogP contribution in [0, 0.1) is 0 Å². The Morgan fingerprint density at radius 1 is 0.636 bits per heavy atom. The standard InChI is InChI=1S/C19H42NO2/c1-5-8-9-10-11-12-13-14-15-16-17-20(4,18(21)6-2)19(22)7-3/h18-19,21-22H,5-17H2,1-4H3/q+1. The molecule has 0 saturated heterocycles. The van der Waals surface area contributed by atoms with E-state index in [0.29, 0.717) is 17.3 Å². The molecular formula is C19H42NO2+. The molecule has 2 N–H and O–H groups in total. The topological polar surface area (TPSA) is 40.5 Å². The minimum atomic E-state index is -0.450. The molecule has 2 atom stereocenters. The van der Waals surface area contributed by atoms with Gasteiger partial charge in [0.25, 0.3) is 0 Å². The molecular weight excluding hydrogens is 274 g/mol. The average molecular weight is 317 g/mol. The zero-order valence-corrected chi connectivity index (χ0v) is 15.7. The molecule has 0 radical (unpaired) electrons. The Hall–Kier alpha value is -0.120. The second kappa shape index (κ2) is 13.3. The fraction of sp³-hybridized carbons (Fsp3) is 1.00. The molecule has 3 nitrogen and oxygen atoms in total. The monoisotopic (exact) mass is 316 g/mol. The largest absolute Gasteiger partial charge is 0.345 e. The van der Waals surface area contributed by atoms with Crippen molar-refractivity contribution >= 4 is 0 Å². The lowest BCUT2D eigenvalue weighted by Gasteiger charge is -2.41. The van der Waals surface area contributed by atoms with Gasteiger partial charge in [0.2, 0.25) is 0 Å². The van der Waals surface area contributed by atoms with Gasteiger partial charge in [-0.15, -0.1) is 0 Å². The Labute approximate surface area is 139 Å². The second-order valence-corrected chi connectivity index (χ2v) is 7.03. The van der Waals surface area contributed by atoms with E-state index in [2.05, 4.69) is 6.92 Å². The Balaban J connectivity index is 3.77. The Kier molecular flexibility index (Phi) is 13.3. The number of aliphatic hydroxyl groups excluding tert-OH is 2. The highest BCUT2D eigenvalue weighted by Gasteiger charge is 2.35. The molecule has 134 valence electrons. The molecule has 0 rings (SSSR count). The normalized spacial score (nSPS) is 17.2. The summed E-state index contributed by atoms with van der Waals surface area (Å²) in [4.78, 5) is 0. The lowest BCUT2D eigenvalue weighted by Crippen LogP contribution is -2.58. The Morgan fingerprint density at radius 2 is 1.00 bits per heavy atom. The van der Waals surface area contributed by atoms with Crippen LogP contribution < -0.4 is 0 Å². The molecule has 0 amide bonds. The second-order valence-electron chi connectivity index (χ2n) is 7.03. The first-order valence-corrected chi connectivity index (χ1v) is 9.73. The van der Waals surface area contributed by atoms with Gasteiger partial charge in [-0.1, -0.05) is 72.1 Å². The third-order valence-electron chi connectivity index (χ3n) is 5.09. The Bertz CT molecular complexity index is 236. The van der Waals surface area contributed by atoms with E-state index >= 15 is 0 Å². The van der Waals surface area contributed by atoms with Crippen molar-refractivity contribution in [2.75, 3.05) is 13.6 Å². The predicted molar refractivity (Wildman–Crippen MR) is 95.5 cm³/mol. The number of quaternary nitrogens is 1. The number of aliphatic hydroxyl groups is 2. The number of hydrogen-bond donors (Lipinski definition) is 2. The zero-order chi connectivity index (χ0) is 16.8. The molecule has 0 bridgehead atoms. The van der Waals surface area contributed by atoms with Gasteiger partial charge in [-0.3, -0.25) is 4.48 Å².